The molecule has 1 fully saturated rings. The fourth-order valence-corrected chi connectivity index (χ4v) is 2.79. The van der Waals surface area contributed by atoms with Crippen molar-refractivity contribution in [3.8, 4) is 0 Å². The SMILES string of the molecule is COC1CCC(NC(=O)c2cc(Br)ccc2N)CC1. The minimum Gasteiger partial charge on any atom is -0.398 e. The fourth-order valence-electron chi connectivity index (χ4n) is 2.43. The van der Waals surface area contributed by atoms with Crippen molar-refractivity contribution in [2.75, 3.05) is 12.8 Å². The van der Waals surface area contributed by atoms with Crippen LogP contribution in [0.5, 0.6) is 0 Å². The van der Waals surface area contributed by atoms with Crippen molar-refractivity contribution >= 4 is 27.5 Å². The number of nitrogen functional groups attached to an aromatic ring is 1. The van der Waals surface area contributed by atoms with Crippen molar-refractivity contribution in [3.05, 3.63) is 28.2 Å². The van der Waals surface area contributed by atoms with Crippen LogP contribution in [0.1, 0.15) is 36.0 Å². The molecule has 0 saturated heterocycles. The van der Waals surface area contributed by atoms with E-state index in [0.29, 0.717) is 17.4 Å². The lowest BCUT2D eigenvalue weighted by molar-refractivity contribution is 0.0599. The molecule has 0 heterocycles. The average molecular weight is 327 g/mol. The van der Waals surface area contributed by atoms with Gasteiger partial charge in [-0.05, 0) is 43.9 Å². The van der Waals surface area contributed by atoms with Crippen LogP contribution in [0.4, 0.5) is 5.69 Å². The maximum atomic E-state index is 12.2. The summed E-state index contributed by atoms with van der Waals surface area (Å²) in [5, 5.41) is 3.05. The summed E-state index contributed by atoms with van der Waals surface area (Å²) in [6, 6.07) is 5.54. The van der Waals surface area contributed by atoms with Crippen LogP contribution in [0.2, 0.25) is 0 Å². The Balaban J connectivity index is 1.96. The maximum absolute atomic E-state index is 12.2. The molecule has 1 aromatic carbocycles. The summed E-state index contributed by atoms with van der Waals surface area (Å²) in [6.07, 6.45) is 4.24. The van der Waals surface area contributed by atoms with Crippen molar-refractivity contribution in [2.45, 2.75) is 37.8 Å². The van der Waals surface area contributed by atoms with Gasteiger partial charge in [-0.1, -0.05) is 15.9 Å². The van der Waals surface area contributed by atoms with E-state index in [-0.39, 0.29) is 11.9 Å². The van der Waals surface area contributed by atoms with Crippen molar-refractivity contribution in [1.29, 1.82) is 0 Å². The summed E-state index contributed by atoms with van der Waals surface area (Å²) in [5.74, 6) is -0.0975. The highest BCUT2D eigenvalue weighted by Gasteiger charge is 2.23. The number of nitrogens with one attached hydrogen (secondary N) is 1. The molecule has 1 aromatic rings. The van der Waals surface area contributed by atoms with Crippen LogP contribution in [0.15, 0.2) is 22.7 Å². The molecule has 1 aliphatic rings. The van der Waals surface area contributed by atoms with E-state index in [4.69, 9.17) is 10.5 Å². The van der Waals surface area contributed by atoms with Crippen molar-refractivity contribution in [2.24, 2.45) is 0 Å². The highest BCUT2D eigenvalue weighted by atomic mass is 79.9. The molecule has 104 valence electrons. The molecule has 0 unspecified atom stereocenters. The monoisotopic (exact) mass is 326 g/mol. The first kappa shape index (κ1) is 14.3. The van der Waals surface area contributed by atoms with E-state index in [1.807, 2.05) is 6.07 Å². The molecular formula is C14H19BrN2O2. The first-order chi connectivity index (χ1) is 9.10. The van der Waals surface area contributed by atoms with Crippen LogP contribution in [0.25, 0.3) is 0 Å². The van der Waals surface area contributed by atoms with Crippen molar-refractivity contribution in [3.63, 3.8) is 0 Å². The van der Waals surface area contributed by atoms with Gasteiger partial charge in [-0.3, -0.25) is 4.79 Å². The predicted octanol–water partition coefficient (Wildman–Crippen LogP) is 2.72. The first-order valence-corrected chi connectivity index (χ1v) is 7.28. The van der Waals surface area contributed by atoms with Crippen LogP contribution in [-0.4, -0.2) is 25.2 Å². The molecule has 0 atom stereocenters. The lowest BCUT2D eigenvalue weighted by Crippen LogP contribution is -2.39. The van der Waals surface area contributed by atoms with E-state index in [1.54, 1.807) is 19.2 Å². The van der Waals surface area contributed by atoms with E-state index in [9.17, 15) is 4.79 Å². The Bertz CT molecular complexity index is 457. The second-order valence-electron chi connectivity index (χ2n) is 4.91. The lowest BCUT2D eigenvalue weighted by atomic mass is 9.92. The summed E-state index contributed by atoms with van der Waals surface area (Å²) in [6.45, 7) is 0. The Hall–Kier alpha value is -1.07. The predicted molar refractivity (Wildman–Crippen MR) is 79.1 cm³/mol. The number of benzene rings is 1. The number of amides is 1. The molecule has 0 aromatic heterocycles. The Morgan fingerprint density at radius 3 is 2.68 bits per heavy atom. The summed E-state index contributed by atoms with van der Waals surface area (Å²) < 4.78 is 6.18. The number of hydrogen-bond acceptors (Lipinski definition) is 3. The third-order valence-electron chi connectivity index (χ3n) is 3.60. The van der Waals surface area contributed by atoms with Gasteiger partial charge in [0, 0.05) is 23.3 Å². The summed E-state index contributed by atoms with van der Waals surface area (Å²) in [4.78, 5) is 12.2. The summed E-state index contributed by atoms with van der Waals surface area (Å²) >= 11 is 3.35. The van der Waals surface area contributed by atoms with Crippen LogP contribution >= 0.6 is 15.9 Å². The molecular weight excluding hydrogens is 308 g/mol. The molecule has 1 amide bonds. The summed E-state index contributed by atoms with van der Waals surface area (Å²) in [5.41, 5.74) is 6.87. The number of rotatable bonds is 3. The molecule has 1 saturated carbocycles. The Morgan fingerprint density at radius 2 is 2.05 bits per heavy atom. The second-order valence-corrected chi connectivity index (χ2v) is 5.83. The zero-order valence-corrected chi connectivity index (χ0v) is 12.6. The molecule has 0 spiro atoms. The van der Waals surface area contributed by atoms with Crippen LogP contribution in [-0.2, 0) is 4.74 Å². The third kappa shape index (κ3) is 3.70. The molecule has 5 heteroatoms. The minimum atomic E-state index is -0.0975. The largest absolute Gasteiger partial charge is 0.398 e. The van der Waals surface area contributed by atoms with E-state index < -0.39 is 0 Å². The normalized spacial score (nSPS) is 23.1. The molecule has 0 bridgehead atoms. The quantitative estimate of drug-likeness (QED) is 0.839. The van der Waals surface area contributed by atoms with E-state index in [2.05, 4.69) is 21.2 Å². The molecule has 1 aliphatic carbocycles. The number of methoxy groups -OCH3 is 1. The number of hydrogen-bond donors (Lipinski definition) is 2. The lowest BCUT2D eigenvalue weighted by Gasteiger charge is -2.28. The van der Waals surface area contributed by atoms with Crippen LogP contribution in [0.3, 0.4) is 0 Å². The molecule has 0 aliphatic heterocycles. The molecule has 19 heavy (non-hydrogen) atoms. The molecule has 0 radical (unpaired) electrons. The van der Waals surface area contributed by atoms with Crippen molar-refractivity contribution in [1.82, 2.24) is 5.32 Å². The van der Waals surface area contributed by atoms with Gasteiger partial charge >= 0.3 is 0 Å². The number of carbonyl (C=O) groups excluding carboxylic acids is 1. The van der Waals surface area contributed by atoms with Crippen molar-refractivity contribution < 1.29 is 9.53 Å². The molecule has 2 rings (SSSR count). The number of ether oxygens (including phenoxy) is 1. The van der Waals surface area contributed by atoms with E-state index >= 15 is 0 Å². The van der Waals surface area contributed by atoms with Crippen LogP contribution in [0, 0.1) is 0 Å². The van der Waals surface area contributed by atoms with Gasteiger partial charge in [0.2, 0.25) is 0 Å². The van der Waals surface area contributed by atoms with E-state index in [0.717, 1.165) is 30.2 Å². The zero-order valence-electron chi connectivity index (χ0n) is 11.0. The van der Waals surface area contributed by atoms with Gasteiger partial charge in [0.1, 0.15) is 0 Å². The average Bonchev–Trinajstić information content (AvgIpc) is 2.42. The number of carbonyl (C=O) groups is 1. The smallest absolute Gasteiger partial charge is 0.253 e. The van der Waals surface area contributed by atoms with E-state index in [1.165, 1.54) is 0 Å². The van der Waals surface area contributed by atoms with Gasteiger partial charge in [0.15, 0.2) is 0 Å². The van der Waals surface area contributed by atoms with Gasteiger partial charge in [-0.15, -0.1) is 0 Å². The number of anilines is 1. The van der Waals surface area contributed by atoms with Gasteiger partial charge in [0.25, 0.3) is 5.91 Å². The minimum absolute atomic E-state index is 0.0975. The van der Waals surface area contributed by atoms with Gasteiger partial charge in [-0.25, -0.2) is 0 Å². The third-order valence-corrected chi connectivity index (χ3v) is 4.10. The molecule has 3 N–H and O–H groups in total. The Labute approximate surface area is 121 Å². The van der Waals surface area contributed by atoms with Gasteiger partial charge in [-0.2, -0.15) is 0 Å². The Kier molecular flexibility index (Phi) is 4.82. The van der Waals surface area contributed by atoms with Gasteiger partial charge in [0.05, 0.1) is 11.7 Å². The second kappa shape index (κ2) is 6.39. The standard InChI is InChI=1S/C14H19BrN2O2/c1-19-11-5-3-10(4-6-11)17-14(18)12-8-9(15)2-7-13(12)16/h2,7-8,10-11H,3-6,16H2,1H3,(H,17,18). The van der Waals surface area contributed by atoms with Crippen LogP contribution < -0.4 is 11.1 Å². The Morgan fingerprint density at radius 1 is 1.37 bits per heavy atom. The number of halogens is 1. The topological polar surface area (TPSA) is 64.3 Å². The molecule has 4 nitrogen and oxygen atoms in total. The maximum Gasteiger partial charge on any atom is 0.253 e. The fraction of sp³-hybridized carbons (Fsp3) is 0.500. The van der Waals surface area contributed by atoms with Gasteiger partial charge < -0.3 is 15.8 Å². The first-order valence-electron chi connectivity index (χ1n) is 6.49. The number of nitrogens with two attached hydrogens (primary N) is 1. The highest BCUT2D eigenvalue weighted by molar-refractivity contribution is 9.10. The summed E-state index contributed by atoms with van der Waals surface area (Å²) in [7, 11) is 1.74. The zero-order chi connectivity index (χ0) is 13.8. The highest BCUT2D eigenvalue weighted by Crippen LogP contribution is 2.22.